The van der Waals surface area contributed by atoms with Crippen molar-refractivity contribution in [1.29, 1.82) is 0 Å². The van der Waals surface area contributed by atoms with E-state index in [1.54, 1.807) is 50.6 Å². The number of hydrogen-bond acceptors (Lipinski definition) is 18. The van der Waals surface area contributed by atoms with Gasteiger partial charge in [-0.05, 0) is 159 Å². The Morgan fingerprint density at radius 2 is 1.23 bits per heavy atom. The number of carbonyl (C=O) groups excluding carboxylic acids is 5. The molecule has 12 atom stereocenters. The van der Waals surface area contributed by atoms with Crippen LogP contribution in [0.25, 0.3) is 0 Å². The van der Waals surface area contributed by atoms with Crippen LogP contribution in [0.2, 0.25) is 0 Å². The number of halogens is 2. The number of allylic oxidation sites excluding steroid dienone is 4. The number of furan rings is 1. The maximum absolute atomic E-state index is 13.6. The van der Waals surface area contributed by atoms with E-state index in [2.05, 4.69) is 21.3 Å². The largest absolute Gasteiger partial charge is 0.506 e. The van der Waals surface area contributed by atoms with Crippen molar-refractivity contribution in [2.24, 2.45) is 28.6 Å². The van der Waals surface area contributed by atoms with Gasteiger partial charge in [-0.1, -0.05) is 68.8 Å². The van der Waals surface area contributed by atoms with Crippen LogP contribution in [-0.4, -0.2) is 151 Å². The van der Waals surface area contributed by atoms with Gasteiger partial charge in [-0.15, -0.1) is 23.2 Å². The number of rotatable bonds is 24. The van der Waals surface area contributed by atoms with Gasteiger partial charge < -0.3 is 86.6 Å². The standard InChI is InChI=1S/C27H30Cl2O6.2C19H24N2O4.C4H4O4.2H2O/c1-15-11-19-18-7-6-16-12-17(30)8-9-24(16,2)26(18,29)21(31)13-25(19,3)27(15,22(32)14-28)35-23(33)20-5-4-10-34-20;2*1-13(9-14-3-6-16(25-2)7-4-14)20-11-19(24)15-5-8-18(23)17(10-15)21-12-22;5-3(6)1-2-4(7)8;;/h4-5,8-10,12,15,18-19,21,31H,6-7,11,13-14H2,1-3H3;2*3-8,10,12-13,19-20,23-24H,9,11H2,1-2H3,(H,21,22);1-2H,(H,5,6)(H,7,8);2*1H2/b;;;2-1+;;/t15-,18+,19+,21+,24+,25+,26+,27+;2*13-,19+;;;/m111.../s1. The van der Waals surface area contributed by atoms with Crippen LogP contribution in [0.5, 0.6) is 23.0 Å². The van der Waals surface area contributed by atoms with Crippen molar-refractivity contribution in [3.8, 4) is 23.0 Å². The molecule has 0 saturated heterocycles. The average Bonchev–Trinajstić information content (AvgIpc) is 1.62. The van der Waals surface area contributed by atoms with E-state index in [1.807, 2.05) is 89.2 Å². The molecule has 24 nitrogen and oxygen atoms in total. The summed E-state index contributed by atoms with van der Waals surface area (Å²) < 4.78 is 21.6. The summed E-state index contributed by atoms with van der Waals surface area (Å²) in [6.45, 7) is 10.6. The highest BCUT2D eigenvalue weighted by Crippen LogP contribution is 2.72. The normalized spacial score (nSPS) is 24.0. The number of methoxy groups -OCH3 is 2. The lowest BCUT2D eigenvalue weighted by Gasteiger charge is -2.64. The molecule has 3 saturated carbocycles. The number of benzene rings is 4. The molecule has 9 rings (SSSR count). The number of hydrogen-bond donors (Lipinski definition) is 11. The number of ketones is 2. The molecular formula is C69H86Cl2N4O20. The van der Waals surface area contributed by atoms with Crippen LogP contribution >= 0.6 is 23.2 Å². The summed E-state index contributed by atoms with van der Waals surface area (Å²) in [4.78, 5) is 77.9. The number of carboxylic acids is 2. The number of esters is 1. The van der Waals surface area contributed by atoms with Crippen molar-refractivity contribution in [3.63, 3.8) is 0 Å². The minimum Gasteiger partial charge on any atom is -0.506 e. The highest BCUT2D eigenvalue weighted by atomic mass is 35.5. The molecule has 1 aromatic heterocycles. The van der Waals surface area contributed by atoms with Gasteiger partial charge in [0.15, 0.2) is 17.2 Å². The first-order valence-corrected chi connectivity index (χ1v) is 31.0. The first kappa shape index (κ1) is 79.0. The quantitative estimate of drug-likeness (QED) is 0.00943. The van der Waals surface area contributed by atoms with Crippen molar-refractivity contribution in [2.45, 2.75) is 114 Å². The molecule has 95 heavy (non-hydrogen) atoms. The van der Waals surface area contributed by atoms with E-state index in [1.165, 1.54) is 41.7 Å². The molecule has 3 fully saturated rings. The number of fused-ring (bicyclic) bond motifs is 5. The summed E-state index contributed by atoms with van der Waals surface area (Å²) >= 11 is 13.6. The van der Waals surface area contributed by atoms with Gasteiger partial charge in [0.1, 0.15) is 23.0 Å². The highest BCUT2D eigenvalue weighted by Gasteiger charge is 2.76. The van der Waals surface area contributed by atoms with Gasteiger partial charge in [0.25, 0.3) is 0 Å². The maximum atomic E-state index is 13.6. The molecule has 0 unspecified atom stereocenters. The predicted octanol–water partition coefficient (Wildman–Crippen LogP) is 7.38. The monoisotopic (exact) mass is 1360 g/mol. The fourth-order valence-electron chi connectivity index (χ4n) is 13.3. The molecule has 4 aliphatic rings. The smallest absolute Gasteiger partial charge is 0.375 e. The maximum Gasteiger partial charge on any atom is 0.375 e. The van der Waals surface area contributed by atoms with Crippen LogP contribution in [0.1, 0.15) is 105 Å². The van der Waals surface area contributed by atoms with E-state index >= 15 is 0 Å². The predicted molar refractivity (Wildman–Crippen MR) is 356 cm³/mol. The third kappa shape index (κ3) is 18.7. The number of amides is 2. The van der Waals surface area contributed by atoms with Gasteiger partial charge in [0.05, 0.1) is 60.9 Å². The van der Waals surface area contributed by atoms with Gasteiger partial charge in [0, 0.05) is 54.1 Å². The molecule has 1 heterocycles. The zero-order chi connectivity index (χ0) is 68.4. The van der Waals surface area contributed by atoms with E-state index in [4.69, 9.17) is 52.0 Å². The summed E-state index contributed by atoms with van der Waals surface area (Å²) in [5.41, 5.74) is 1.94. The number of aliphatic hydroxyl groups excluding tert-OH is 3. The Morgan fingerprint density at radius 3 is 1.65 bits per heavy atom. The van der Waals surface area contributed by atoms with E-state index in [-0.39, 0.29) is 93.3 Å². The molecule has 4 aromatic carbocycles. The second-order valence-corrected chi connectivity index (χ2v) is 24.8. The minimum atomic E-state index is -1.53. The number of phenolic OH excluding ortho intramolecular Hbond substituents is 2. The minimum absolute atomic E-state index is 0. The second-order valence-electron chi connectivity index (χ2n) is 23.9. The molecular weight excluding hydrogens is 1280 g/mol. The van der Waals surface area contributed by atoms with Crippen LogP contribution in [0.4, 0.5) is 11.4 Å². The number of carbonyl (C=O) groups is 7. The SMILES string of the molecule is COc1ccc(C[C@@H](C)NC[C@H](O)c2ccc(O)c(NC=O)c2)cc1.COc1ccc(C[C@@H](C)NC[C@H](O)c2ccc(O)c(NC=O)c2)cc1.C[C@@H]1C[C@H]2[C@@H]3CCC4=CC(=O)C=C[C@]4(C)[C@@]3(Cl)[C@@H](O)C[C@]2(C)[C@@]1(OC(=O)c1ccco1)C(=O)CCl.O.O.O=C(O)/C=C/C(=O)O. The molecule has 0 bridgehead atoms. The molecule has 516 valence electrons. The van der Waals surface area contributed by atoms with Gasteiger partial charge in [-0.2, -0.15) is 0 Å². The number of alkyl halides is 2. The number of phenols is 2. The molecule has 0 radical (unpaired) electrons. The molecule has 0 spiro atoms. The van der Waals surface area contributed by atoms with Crippen molar-refractivity contribution in [1.82, 2.24) is 10.6 Å². The van der Waals surface area contributed by atoms with Gasteiger partial charge in [-0.25, -0.2) is 14.4 Å². The Hall–Kier alpha value is -8.43. The molecule has 15 N–H and O–H groups in total. The van der Waals surface area contributed by atoms with Gasteiger partial charge >= 0.3 is 17.9 Å². The number of aliphatic hydroxyl groups is 3. The van der Waals surface area contributed by atoms with E-state index in [0.29, 0.717) is 68.5 Å². The third-order valence-electron chi connectivity index (χ3n) is 18.0. The fourth-order valence-corrected chi connectivity index (χ4v) is 14.1. The van der Waals surface area contributed by atoms with Crippen LogP contribution in [0.3, 0.4) is 0 Å². The summed E-state index contributed by atoms with van der Waals surface area (Å²) in [5.74, 6) is -3.06. The number of ether oxygens (including phenoxy) is 3. The topological polar surface area (TPSA) is 413 Å². The number of nitrogens with one attached hydrogen (secondary N) is 4. The average molecular weight is 1360 g/mol. The second kappa shape index (κ2) is 35.4. The van der Waals surface area contributed by atoms with E-state index in [0.717, 1.165) is 29.9 Å². The van der Waals surface area contributed by atoms with Crippen LogP contribution in [0, 0.1) is 28.6 Å². The fraction of sp³-hybridized carbons (Fsp3) is 0.406. The molecule has 4 aliphatic carbocycles. The molecule has 26 heteroatoms. The van der Waals surface area contributed by atoms with Crippen molar-refractivity contribution < 1.29 is 98.9 Å². The molecule has 2 amide bonds. The first-order chi connectivity index (χ1) is 44.1. The highest BCUT2D eigenvalue weighted by molar-refractivity contribution is 6.29. The lowest BCUT2D eigenvalue weighted by Crippen LogP contribution is -2.69. The molecule has 5 aromatic rings. The Morgan fingerprint density at radius 1 is 0.747 bits per heavy atom. The number of carboxylic acid groups (broad SMARTS) is 2. The Balaban J connectivity index is 0.000000289. The summed E-state index contributed by atoms with van der Waals surface area (Å²) in [7, 11) is 3.28. The van der Waals surface area contributed by atoms with Crippen LogP contribution in [0.15, 0.2) is 144 Å². The summed E-state index contributed by atoms with van der Waals surface area (Å²) in [6, 6.07) is 28.5. The third-order valence-corrected chi connectivity index (χ3v) is 19.2. The lowest BCUT2D eigenvalue weighted by atomic mass is 9.45. The van der Waals surface area contributed by atoms with Gasteiger partial charge in [0.2, 0.25) is 18.6 Å². The van der Waals surface area contributed by atoms with Gasteiger partial charge in [-0.3, -0.25) is 19.2 Å². The number of Topliss-reactive ketones (excluding diaryl/α,β-unsaturated/α-hetero) is 1. The summed E-state index contributed by atoms with van der Waals surface area (Å²) in [6.07, 6.45) is 9.68. The Kier molecular flexibility index (Phi) is 29.4. The lowest BCUT2D eigenvalue weighted by molar-refractivity contribution is -0.177. The number of aromatic hydroxyl groups is 2. The van der Waals surface area contributed by atoms with Crippen molar-refractivity contribution >= 4 is 76.9 Å². The Bertz CT molecular complexity index is 3360. The van der Waals surface area contributed by atoms with Crippen molar-refractivity contribution in [3.05, 3.63) is 167 Å². The molecule has 0 aliphatic heterocycles. The van der Waals surface area contributed by atoms with Crippen molar-refractivity contribution in [2.75, 3.05) is 43.8 Å². The van der Waals surface area contributed by atoms with E-state index < -0.39 is 57.5 Å². The van der Waals surface area contributed by atoms with Crippen LogP contribution in [-0.2, 0) is 46.3 Å². The zero-order valence-electron chi connectivity index (χ0n) is 53.7. The number of anilines is 2. The Labute approximate surface area is 560 Å². The first-order valence-electron chi connectivity index (χ1n) is 30.1. The van der Waals surface area contributed by atoms with E-state index in [9.17, 15) is 59.1 Å². The zero-order valence-corrected chi connectivity index (χ0v) is 55.2. The number of aliphatic carboxylic acids is 2. The van der Waals surface area contributed by atoms with Crippen LogP contribution < -0.4 is 30.7 Å². The summed E-state index contributed by atoms with van der Waals surface area (Å²) in [5, 5.41) is 78.7.